The maximum absolute atomic E-state index is 12.6. The molecule has 0 fully saturated rings. The SMILES string of the molecule is CCC(C)c1cc(C(=O)N(CCN)CCc2ccccc2)on1. The number of aromatic nitrogens is 1. The van der Waals surface area contributed by atoms with Gasteiger partial charge in [0.25, 0.3) is 5.91 Å². The summed E-state index contributed by atoms with van der Waals surface area (Å²) in [5.74, 6) is 0.433. The van der Waals surface area contributed by atoms with Gasteiger partial charge in [0.15, 0.2) is 0 Å². The number of hydrogen-bond donors (Lipinski definition) is 1. The van der Waals surface area contributed by atoms with Crippen molar-refractivity contribution in [2.75, 3.05) is 19.6 Å². The van der Waals surface area contributed by atoms with Gasteiger partial charge in [0.05, 0.1) is 5.69 Å². The van der Waals surface area contributed by atoms with E-state index in [1.54, 1.807) is 11.0 Å². The van der Waals surface area contributed by atoms with E-state index in [0.29, 0.717) is 25.4 Å². The van der Waals surface area contributed by atoms with Crippen LogP contribution in [-0.2, 0) is 6.42 Å². The van der Waals surface area contributed by atoms with Crippen molar-refractivity contribution in [2.45, 2.75) is 32.6 Å². The maximum Gasteiger partial charge on any atom is 0.292 e. The van der Waals surface area contributed by atoms with Gasteiger partial charge in [-0.25, -0.2) is 0 Å². The Morgan fingerprint density at radius 2 is 2.04 bits per heavy atom. The summed E-state index contributed by atoms with van der Waals surface area (Å²) in [4.78, 5) is 14.3. The third kappa shape index (κ3) is 4.66. The summed E-state index contributed by atoms with van der Waals surface area (Å²) in [6.45, 7) is 5.69. The fraction of sp³-hybridized carbons (Fsp3) is 0.444. The average Bonchev–Trinajstić information content (AvgIpc) is 3.08. The third-order valence-electron chi connectivity index (χ3n) is 4.06. The Hall–Kier alpha value is -2.14. The summed E-state index contributed by atoms with van der Waals surface area (Å²) in [5.41, 5.74) is 7.67. The highest BCUT2D eigenvalue weighted by Gasteiger charge is 2.21. The molecule has 1 heterocycles. The van der Waals surface area contributed by atoms with Crippen molar-refractivity contribution in [3.05, 3.63) is 53.4 Å². The topological polar surface area (TPSA) is 72.4 Å². The molecule has 0 aliphatic carbocycles. The molecular formula is C18H25N3O2. The van der Waals surface area contributed by atoms with E-state index in [1.807, 2.05) is 18.2 Å². The van der Waals surface area contributed by atoms with Gasteiger partial charge in [-0.05, 0) is 18.4 Å². The van der Waals surface area contributed by atoms with Crippen molar-refractivity contribution in [1.29, 1.82) is 0 Å². The molecule has 23 heavy (non-hydrogen) atoms. The van der Waals surface area contributed by atoms with E-state index in [0.717, 1.165) is 18.5 Å². The lowest BCUT2D eigenvalue weighted by molar-refractivity contribution is 0.0720. The van der Waals surface area contributed by atoms with Gasteiger partial charge in [-0.15, -0.1) is 0 Å². The van der Waals surface area contributed by atoms with Gasteiger partial charge in [0.1, 0.15) is 0 Å². The lowest BCUT2D eigenvalue weighted by Gasteiger charge is -2.20. The summed E-state index contributed by atoms with van der Waals surface area (Å²) >= 11 is 0. The Morgan fingerprint density at radius 3 is 2.70 bits per heavy atom. The molecule has 0 aliphatic rings. The Labute approximate surface area is 137 Å². The van der Waals surface area contributed by atoms with Gasteiger partial charge < -0.3 is 15.2 Å². The van der Waals surface area contributed by atoms with E-state index in [9.17, 15) is 4.79 Å². The van der Waals surface area contributed by atoms with Gasteiger partial charge in [-0.1, -0.05) is 49.3 Å². The standard InChI is InChI=1S/C18H25N3O2/c1-3-14(2)16-13-17(23-20-16)18(22)21(12-10-19)11-9-15-7-5-4-6-8-15/h4-8,13-14H,3,9-12,19H2,1-2H3. The summed E-state index contributed by atoms with van der Waals surface area (Å²) in [7, 11) is 0. The largest absolute Gasteiger partial charge is 0.351 e. The molecule has 2 rings (SSSR count). The molecule has 5 nitrogen and oxygen atoms in total. The Balaban J connectivity index is 2.04. The van der Waals surface area contributed by atoms with Crippen LogP contribution >= 0.6 is 0 Å². The predicted octanol–water partition coefficient (Wildman–Crippen LogP) is 2.83. The average molecular weight is 315 g/mol. The van der Waals surface area contributed by atoms with E-state index in [1.165, 1.54) is 5.56 Å². The molecular weight excluding hydrogens is 290 g/mol. The van der Waals surface area contributed by atoms with Crippen LogP contribution in [0.4, 0.5) is 0 Å². The van der Waals surface area contributed by atoms with Gasteiger partial charge in [-0.2, -0.15) is 0 Å². The number of amides is 1. The summed E-state index contributed by atoms with van der Waals surface area (Å²) in [6, 6.07) is 11.8. The number of nitrogens with zero attached hydrogens (tertiary/aromatic N) is 2. The summed E-state index contributed by atoms with van der Waals surface area (Å²) in [6.07, 6.45) is 1.75. The lowest BCUT2D eigenvalue weighted by Crippen LogP contribution is -2.36. The zero-order valence-electron chi connectivity index (χ0n) is 13.9. The van der Waals surface area contributed by atoms with Gasteiger partial charge in [-0.3, -0.25) is 4.79 Å². The minimum Gasteiger partial charge on any atom is -0.351 e. The quantitative estimate of drug-likeness (QED) is 0.813. The molecule has 2 N–H and O–H groups in total. The van der Waals surface area contributed by atoms with Crippen LogP contribution in [0.15, 0.2) is 40.9 Å². The van der Waals surface area contributed by atoms with Crippen LogP contribution in [0.2, 0.25) is 0 Å². The van der Waals surface area contributed by atoms with E-state index in [-0.39, 0.29) is 11.8 Å². The maximum atomic E-state index is 12.6. The van der Waals surface area contributed by atoms with Gasteiger partial charge in [0.2, 0.25) is 5.76 Å². The highest BCUT2D eigenvalue weighted by molar-refractivity contribution is 5.91. The first-order chi connectivity index (χ1) is 11.2. The van der Waals surface area contributed by atoms with E-state index in [4.69, 9.17) is 10.3 Å². The van der Waals surface area contributed by atoms with Crippen molar-refractivity contribution >= 4 is 5.91 Å². The molecule has 0 aliphatic heterocycles. The van der Waals surface area contributed by atoms with Crippen molar-refractivity contribution in [1.82, 2.24) is 10.1 Å². The first kappa shape index (κ1) is 17.2. The smallest absolute Gasteiger partial charge is 0.292 e. The van der Waals surface area contributed by atoms with Crippen molar-refractivity contribution < 1.29 is 9.32 Å². The molecule has 1 aromatic carbocycles. The number of hydrogen-bond acceptors (Lipinski definition) is 4. The van der Waals surface area contributed by atoms with Crippen molar-refractivity contribution in [3.63, 3.8) is 0 Å². The number of nitrogens with two attached hydrogens (primary N) is 1. The molecule has 1 amide bonds. The monoisotopic (exact) mass is 315 g/mol. The van der Waals surface area contributed by atoms with E-state index in [2.05, 4.69) is 31.1 Å². The number of carbonyl (C=O) groups is 1. The van der Waals surface area contributed by atoms with Gasteiger partial charge in [0, 0.05) is 31.6 Å². The fourth-order valence-corrected chi connectivity index (χ4v) is 2.37. The highest BCUT2D eigenvalue weighted by Crippen LogP contribution is 2.19. The second-order valence-electron chi connectivity index (χ2n) is 5.74. The number of carbonyl (C=O) groups excluding carboxylic acids is 1. The first-order valence-electron chi connectivity index (χ1n) is 8.15. The van der Waals surface area contributed by atoms with E-state index < -0.39 is 0 Å². The molecule has 1 atom stereocenters. The fourth-order valence-electron chi connectivity index (χ4n) is 2.37. The second-order valence-corrected chi connectivity index (χ2v) is 5.74. The van der Waals surface area contributed by atoms with Crippen molar-refractivity contribution in [3.8, 4) is 0 Å². The van der Waals surface area contributed by atoms with Crippen molar-refractivity contribution in [2.24, 2.45) is 5.73 Å². The molecule has 1 aromatic heterocycles. The minimum atomic E-state index is -0.145. The number of benzene rings is 1. The Kier molecular flexibility index (Phi) is 6.35. The molecule has 5 heteroatoms. The van der Waals surface area contributed by atoms with Crippen LogP contribution < -0.4 is 5.73 Å². The summed E-state index contributed by atoms with van der Waals surface area (Å²) < 4.78 is 5.25. The number of rotatable bonds is 8. The third-order valence-corrected chi connectivity index (χ3v) is 4.06. The van der Waals surface area contributed by atoms with Crippen LogP contribution in [-0.4, -0.2) is 35.6 Å². The molecule has 1 unspecified atom stereocenters. The molecule has 0 radical (unpaired) electrons. The normalized spacial score (nSPS) is 12.1. The van der Waals surface area contributed by atoms with Crippen LogP contribution in [0, 0.1) is 0 Å². The molecule has 2 aromatic rings. The van der Waals surface area contributed by atoms with Crippen LogP contribution in [0.1, 0.15) is 48.0 Å². The minimum absolute atomic E-state index is 0.145. The lowest BCUT2D eigenvalue weighted by atomic mass is 10.1. The Morgan fingerprint density at radius 1 is 1.30 bits per heavy atom. The first-order valence-corrected chi connectivity index (χ1v) is 8.15. The second kappa shape index (κ2) is 8.48. The zero-order chi connectivity index (χ0) is 16.7. The van der Waals surface area contributed by atoms with Crippen LogP contribution in [0.5, 0.6) is 0 Å². The zero-order valence-corrected chi connectivity index (χ0v) is 13.9. The Bertz CT molecular complexity index is 610. The highest BCUT2D eigenvalue weighted by atomic mass is 16.5. The van der Waals surface area contributed by atoms with Crippen LogP contribution in [0.3, 0.4) is 0 Å². The molecule has 0 bridgehead atoms. The van der Waals surface area contributed by atoms with Crippen LogP contribution in [0.25, 0.3) is 0 Å². The molecule has 0 saturated heterocycles. The molecule has 0 saturated carbocycles. The van der Waals surface area contributed by atoms with E-state index >= 15 is 0 Å². The predicted molar refractivity (Wildman–Crippen MR) is 90.3 cm³/mol. The molecule has 0 spiro atoms. The summed E-state index contributed by atoms with van der Waals surface area (Å²) in [5, 5.41) is 4.02. The molecule has 124 valence electrons. The van der Waals surface area contributed by atoms with Gasteiger partial charge >= 0.3 is 0 Å².